The number of para-hydroxylation sites is 3. The van der Waals surface area contributed by atoms with Gasteiger partial charge in [0.15, 0.2) is 0 Å². The van der Waals surface area contributed by atoms with Gasteiger partial charge in [-0.2, -0.15) is 0 Å². The molecule has 0 atom stereocenters. The van der Waals surface area contributed by atoms with E-state index in [9.17, 15) is 0 Å². The molecule has 13 rings (SSSR count). The van der Waals surface area contributed by atoms with Gasteiger partial charge in [0.05, 0.1) is 22.4 Å². The quantitative estimate of drug-likeness (QED) is 0.145. The van der Waals surface area contributed by atoms with Gasteiger partial charge in [-0.25, -0.2) is 0 Å². The lowest BCUT2D eigenvalue weighted by atomic mass is 9.85. The fraction of sp³-hybridized carbons (Fsp3) is 0. The Bertz CT molecular complexity index is 3930. The Kier molecular flexibility index (Phi) is 8.89. The maximum atomic E-state index is 2.52. The second-order valence-corrected chi connectivity index (χ2v) is 17.2. The summed E-state index contributed by atoms with van der Waals surface area (Å²) >= 11 is 0. The van der Waals surface area contributed by atoms with Crippen LogP contribution in [0.15, 0.2) is 255 Å². The lowest BCUT2D eigenvalue weighted by Gasteiger charge is -2.30. The summed E-state index contributed by atoms with van der Waals surface area (Å²) in [6.07, 6.45) is 0. The van der Waals surface area contributed by atoms with Crippen LogP contribution in [0.3, 0.4) is 0 Å². The molecule has 0 aliphatic carbocycles. The van der Waals surface area contributed by atoms with Crippen molar-refractivity contribution in [1.29, 1.82) is 0 Å². The van der Waals surface area contributed by atoms with Crippen molar-refractivity contribution in [1.82, 2.24) is 4.57 Å². The molecule has 13 aromatic rings. The van der Waals surface area contributed by atoms with Gasteiger partial charge in [-0.05, 0) is 114 Å². The Morgan fingerprint density at radius 2 is 0.758 bits per heavy atom. The van der Waals surface area contributed by atoms with Gasteiger partial charge in [0, 0.05) is 33.1 Å². The molecule has 0 N–H and O–H groups in total. The first-order chi connectivity index (χ1) is 32.8. The molecule has 0 bridgehead atoms. The van der Waals surface area contributed by atoms with Gasteiger partial charge in [-0.15, -0.1) is 0 Å². The highest BCUT2D eigenvalue weighted by atomic mass is 15.1. The SMILES string of the molecule is c1ccc(-c2c3ccccc3c(-c3ccccc3N(c3ccc4c(c3)c3ccccc3n4-c3ccccc3)c3cccc4c(-c5cccc6ccccc56)cccc34)c3ccccc23)cc1. The van der Waals surface area contributed by atoms with Gasteiger partial charge < -0.3 is 9.47 Å². The highest BCUT2D eigenvalue weighted by Gasteiger charge is 2.25. The number of benzene rings is 12. The van der Waals surface area contributed by atoms with Crippen molar-refractivity contribution in [2.24, 2.45) is 0 Å². The van der Waals surface area contributed by atoms with Crippen molar-refractivity contribution in [2.45, 2.75) is 0 Å². The summed E-state index contributed by atoms with van der Waals surface area (Å²) in [5.74, 6) is 0. The highest BCUT2D eigenvalue weighted by Crippen LogP contribution is 2.50. The first-order valence-electron chi connectivity index (χ1n) is 22.8. The zero-order chi connectivity index (χ0) is 43.6. The molecule has 0 amide bonds. The summed E-state index contributed by atoms with van der Waals surface area (Å²) in [7, 11) is 0. The monoisotopic (exact) mass is 838 g/mol. The van der Waals surface area contributed by atoms with Crippen molar-refractivity contribution < 1.29 is 0 Å². The minimum Gasteiger partial charge on any atom is -0.309 e. The summed E-state index contributed by atoms with van der Waals surface area (Å²) in [5, 5.41) is 12.2. The molecule has 1 heterocycles. The van der Waals surface area contributed by atoms with E-state index in [1.165, 1.54) is 98.3 Å². The van der Waals surface area contributed by atoms with Crippen LogP contribution < -0.4 is 4.90 Å². The number of nitrogens with zero attached hydrogens (tertiary/aromatic N) is 2. The molecule has 0 aliphatic rings. The molecular formula is C64H42N2. The fourth-order valence-electron chi connectivity index (χ4n) is 10.8. The number of anilines is 3. The van der Waals surface area contributed by atoms with Crippen molar-refractivity contribution in [3.8, 4) is 39.1 Å². The van der Waals surface area contributed by atoms with Crippen molar-refractivity contribution >= 4 is 82.0 Å². The number of hydrogen-bond acceptors (Lipinski definition) is 1. The molecule has 12 aromatic carbocycles. The molecule has 1 aromatic heterocycles. The Labute approximate surface area is 383 Å². The van der Waals surface area contributed by atoms with E-state index in [4.69, 9.17) is 0 Å². The van der Waals surface area contributed by atoms with Gasteiger partial charge in [0.1, 0.15) is 0 Å². The van der Waals surface area contributed by atoms with Crippen molar-refractivity contribution in [3.63, 3.8) is 0 Å². The molecule has 0 radical (unpaired) electrons. The lowest BCUT2D eigenvalue weighted by Crippen LogP contribution is -2.12. The molecule has 0 saturated carbocycles. The summed E-state index contributed by atoms with van der Waals surface area (Å²) in [5.41, 5.74) is 14.1. The molecule has 2 heteroatoms. The van der Waals surface area contributed by atoms with Crippen LogP contribution in [0.5, 0.6) is 0 Å². The first kappa shape index (κ1) is 37.8. The molecule has 2 nitrogen and oxygen atoms in total. The molecule has 308 valence electrons. The standard InChI is InChI=1S/C64H42N2/c1-3-21-44(22-4-1)63-53-28-9-11-30-55(53)64(56-31-12-10-29-54(56)63)57-32-14-16-38-61(57)66(46-40-41-62-58(42-46)52-27-13-15-37-59(52)65(62)45-24-5-2-6-25-45)60-39-19-35-50-49(34-18-36-51(50)60)48-33-17-23-43-20-7-8-26-47(43)48/h1-42H. The fourth-order valence-corrected chi connectivity index (χ4v) is 10.8. The van der Waals surface area contributed by atoms with Gasteiger partial charge in [-0.1, -0.05) is 206 Å². The third-order valence-corrected chi connectivity index (χ3v) is 13.6. The average molecular weight is 839 g/mol. The molecule has 0 fully saturated rings. The van der Waals surface area contributed by atoms with Gasteiger partial charge >= 0.3 is 0 Å². The molecule has 0 unspecified atom stereocenters. The van der Waals surface area contributed by atoms with Crippen LogP contribution in [0.4, 0.5) is 17.1 Å². The van der Waals surface area contributed by atoms with Crippen LogP contribution >= 0.6 is 0 Å². The normalized spacial score (nSPS) is 11.6. The molecular weight excluding hydrogens is 797 g/mol. The van der Waals surface area contributed by atoms with E-state index in [2.05, 4.69) is 264 Å². The van der Waals surface area contributed by atoms with E-state index >= 15 is 0 Å². The van der Waals surface area contributed by atoms with Crippen LogP contribution in [0.1, 0.15) is 0 Å². The minimum absolute atomic E-state index is 1.09. The summed E-state index contributed by atoms with van der Waals surface area (Å²) < 4.78 is 2.40. The van der Waals surface area contributed by atoms with Gasteiger partial charge in [-0.3, -0.25) is 0 Å². The third kappa shape index (κ3) is 5.96. The van der Waals surface area contributed by atoms with Crippen LogP contribution in [-0.4, -0.2) is 4.57 Å². The zero-order valence-electron chi connectivity index (χ0n) is 36.1. The average Bonchev–Trinajstić information content (AvgIpc) is 3.72. The van der Waals surface area contributed by atoms with Gasteiger partial charge in [0.25, 0.3) is 0 Å². The number of aromatic nitrogens is 1. The summed E-state index contributed by atoms with van der Waals surface area (Å²) in [6.45, 7) is 0. The van der Waals surface area contributed by atoms with Crippen LogP contribution in [0.25, 0.3) is 104 Å². The Hall–Kier alpha value is -8.72. The minimum atomic E-state index is 1.09. The van der Waals surface area contributed by atoms with Crippen LogP contribution in [-0.2, 0) is 0 Å². The molecule has 0 spiro atoms. The van der Waals surface area contributed by atoms with E-state index in [1.54, 1.807) is 0 Å². The number of hydrogen-bond donors (Lipinski definition) is 0. The maximum absolute atomic E-state index is 2.52. The van der Waals surface area contributed by atoms with E-state index in [-0.39, 0.29) is 0 Å². The van der Waals surface area contributed by atoms with E-state index in [0.29, 0.717) is 0 Å². The van der Waals surface area contributed by atoms with Crippen molar-refractivity contribution in [3.05, 3.63) is 255 Å². The van der Waals surface area contributed by atoms with E-state index in [0.717, 1.165) is 22.7 Å². The van der Waals surface area contributed by atoms with Gasteiger partial charge in [0.2, 0.25) is 0 Å². The van der Waals surface area contributed by atoms with E-state index in [1.807, 2.05) is 0 Å². The Balaban J connectivity index is 1.12. The third-order valence-electron chi connectivity index (χ3n) is 13.6. The number of fused-ring (bicyclic) bond motifs is 7. The number of rotatable bonds is 7. The van der Waals surface area contributed by atoms with Crippen LogP contribution in [0.2, 0.25) is 0 Å². The molecule has 0 saturated heterocycles. The van der Waals surface area contributed by atoms with E-state index < -0.39 is 0 Å². The highest BCUT2D eigenvalue weighted by molar-refractivity contribution is 6.23. The second kappa shape index (κ2) is 15.5. The van der Waals surface area contributed by atoms with Crippen LogP contribution in [0, 0.1) is 0 Å². The Morgan fingerprint density at radius 3 is 1.52 bits per heavy atom. The first-order valence-corrected chi connectivity index (χ1v) is 22.8. The molecule has 66 heavy (non-hydrogen) atoms. The topological polar surface area (TPSA) is 8.17 Å². The van der Waals surface area contributed by atoms with Crippen molar-refractivity contribution in [2.75, 3.05) is 4.90 Å². The summed E-state index contributed by atoms with van der Waals surface area (Å²) in [6, 6.07) is 93.4. The smallest absolute Gasteiger partial charge is 0.0542 e. The molecule has 0 aliphatic heterocycles. The predicted octanol–water partition coefficient (Wildman–Crippen LogP) is 17.9. The largest absolute Gasteiger partial charge is 0.309 e. The second-order valence-electron chi connectivity index (χ2n) is 17.2. The Morgan fingerprint density at radius 1 is 0.273 bits per heavy atom. The predicted molar refractivity (Wildman–Crippen MR) is 282 cm³/mol. The lowest BCUT2D eigenvalue weighted by molar-refractivity contribution is 1.18. The summed E-state index contributed by atoms with van der Waals surface area (Å²) in [4.78, 5) is 2.52. The maximum Gasteiger partial charge on any atom is 0.0542 e. The zero-order valence-corrected chi connectivity index (χ0v) is 36.1.